The molecule has 0 radical (unpaired) electrons. The van der Waals surface area contributed by atoms with E-state index in [9.17, 15) is 0 Å². The minimum Gasteiger partial charge on any atom is -0.271 e. The second-order valence-corrected chi connectivity index (χ2v) is 4.48. The zero-order valence-electron chi connectivity index (χ0n) is 9.05. The van der Waals surface area contributed by atoms with Crippen LogP contribution in [0.4, 0.5) is 0 Å². The van der Waals surface area contributed by atoms with Crippen molar-refractivity contribution in [3.8, 4) is 0 Å². The lowest BCUT2D eigenvalue weighted by Crippen LogP contribution is -2.45. The molecule has 3 N–H and O–H groups in total. The molecule has 1 saturated carbocycles. The van der Waals surface area contributed by atoms with Gasteiger partial charge in [-0.25, -0.2) is 0 Å². The Hall–Kier alpha value is -0.0800. The lowest BCUT2D eigenvalue weighted by molar-refractivity contribution is 0.212. The Balaban J connectivity index is 2.43. The fraction of sp³-hybridized carbons (Fsp3) is 1.00. The van der Waals surface area contributed by atoms with E-state index >= 15 is 0 Å². The molecule has 13 heavy (non-hydrogen) atoms. The summed E-state index contributed by atoms with van der Waals surface area (Å²) in [5.41, 5.74) is 3.02. The molecule has 0 amide bonds. The van der Waals surface area contributed by atoms with Crippen molar-refractivity contribution in [2.45, 2.75) is 58.4 Å². The summed E-state index contributed by atoms with van der Waals surface area (Å²) in [6.07, 6.45) is 8.20. The molecule has 1 fully saturated rings. The number of hydrogen-bond donors (Lipinski definition) is 2. The Bertz CT molecular complexity index is 130. The molecule has 1 rings (SSSR count). The van der Waals surface area contributed by atoms with E-state index in [4.69, 9.17) is 5.84 Å². The average Bonchev–Trinajstić information content (AvgIpc) is 2.20. The van der Waals surface area contributed by atoms with Crippen molar-refractivity contribution < 1.29 is 0 Å². The fourth-order valence-corrected chi connectivity index (χ4v) is 2.51. The molecule has 0 bridgehead atoms. The van der Waals surface area contributed by atoms with Crippen LogP contribution in [0.5, 0.6) is 0 Å². The largest absolute Gasteiger partial charge is 0.271 e. The van der Waals surface area contributed by atoms with Gasteiger partial charge in [-0.3, -0.25) is 11.3 Å². The van der Waals surface area contributed by atoms with Crippen LogP contribution in [-0.4, -0.2) is 6.04 Å². The third-order valence-electron chi connectivity index (χ3n) is 3.61. The predicted octanol–water partition coefficient (Wildman–Crippen LogP) is 2.44. The maximum atomic E-state index is 5.63. The van der Waals surface area contributed by atoms with Crippen LogP contribution in [0.25, 0.3) is 0 Å². The smallest absolute Gasteiger partial charge is 0.0264 e. The molecule has 0 aromatic carbocycles. The maximum absolute atomic E-state index is 5.63. The van der Waals surface area contributed by atoms with Crippen LogP contribution >= 0.6 is 0 Å². The Morgan fingerprint density at radius 2 is 1.92 bits per heavy atom. The highest BCUT2D eigenvalue weighted by molar-refractivity contribution is 4.81. The van der Waals surface area contributed by atoms with Crippen molar-refractivity contribution in [2.24, 2.45) is 17.7 Å². The van der Waals surface area contributed by atoms with E-state index in [0.717, 1.165) is 5.92 Å². The van der Waals surface area contributed by atoms with Crippen LogP contribution in [0, 0.1) is 11.8 Å². The Morgan fingerprint density at radius 3 is 2.38 bits per heavy atom. The van der Waals surface area contributed by atoms with Crippen molar-refractivity contribution in [2.75, 3.05) is 0 Å². The molecule has 0 aromatic heterocycles. The number of nitrogens with two attached hydrogens (primary N) is 1. The van der Waals surface area contributed by atoms with Gasteiger partial charge in [-0.1, -0.05) is 39.5 Å². The van der Waals surface area contributed by atoms with Crippen LogP contribution in [0.3, 0.4) is 0 Å². The Labute approximate surface area is 82.2 Å². The SMILES string of the molecule is CCC(C)C(NN)C1CCCCC1. The van der Waals surface area contributed by atoms with E-state index in [2.05, 4.69) is 19.3 Å². The summed E-state index contributed by atoms with van der Waals surface area (Å²) < 4.78 is 0. The van der Waals surface area contributed by atoms with Crippen LogP contribution in [-0.2, 0) is 0 Å². The van der Waals surface area contributed by atoms with Gasteiger partial charge in [-0.05, 0) is 24.7 Å². The summed E-state index contributed by atoms with van der Waals surface area (Å²) >= 11 is 0. The van der Waals surface area contributed by atoms with E-state index < -0.39 is 0 Å². The number of hydrazine groups is 1. The monoisotopic (exact) mass is 184 g/mol. The van der Waals surface area contributed by atoms with Crippen LogP contribution < -0.4 is 11.3 Å². The van der Waals surface area contributed by atoms with Gasteiger partial charge < -0.3 is 0 Å². The van der Waals surface area contributed by atoms with Crippen molar-refractivity contribution >= 4 is 0 Å². The Morgan fingerprint density at radius 1 is 1.31 bits per heavy atom. The molecule has 0 aliphatic heterocycles. The first-order chi connectivity index (χ1) is 6.29. The molecule has 1 aliphatic rings. The molecule has 78 valence electrons. The molecule has 0 heterocycles. The zero-order valence-corrected chi connectivity index (χ0v) is 9.05. The first kappa shape index (κ1) is 11.0. The van der Waals surface area contributed by atoms with Crippen molar-refractivity contribution in [1.29, 1.82) is 0 Å². The third kappa shape index (κ3) is 2.96. The molecular weight excluding hydrogens is 160 g/mol. The first-order valence-corrected chi connectivity index (χ1v) is 5.75. The van der Waals surface area contributed by atoms with Gasteiger partial charge in [0, 0.05) is 6.04 Å². The second kappa shape index (κ2) is 5.61. The van der Waals surface area contributed by atoms with E-state index in [1.165, 1.54) is 38.5 Å². The first-order valence-electron chi connectivity index (χ1n) is 5.75. The molecule has 0 aromatic rings. The van der Waals surface area contributed by atoms with Gasteiger partial charge in [0.25, 0.3) is 0 Å². The third-order valence-corrected chi connectivity index (χ3v) is 3.61. The minimum absolute atomic E-state index is 0.547. The maximum Gasteiger partial charge on any atom is 0.0264 e. The quantitative estimate of drug-likeness (QED) is 0.520. The highest BCUT2D eigenvalue weighted by Gasteiger charge is 2.25. The van der Waals surface area contributed by atoms with Gasteiger partial charge in [0.1, 0.15) is 0 Å². The standard InChI is InChI=1S/C11H24N2/c1-3-9(2)11(13-12)10-7-5-4-6-8-10/h9-11,13H,3-8,12H2,1-2H3. The summed E-state index contributed by atoms with van der Waals surface area (Å²) in [4.78, 5) is 0. The van der Waals surface area contributed by atoms with Gasteiger partial charge in [-0.15, -0.1) is 0 Å². The van der Waals surface area contributed by atoms with Crippen LogP contribution in [0.1, 0.15) is 52.4 Å². The van der Waals surface area contributed by atoms with Crippen molar-refractivity contribution in [1.82, 2.24) is 5.43 Å². The zero-order chi connectivity index (χ0) is 9.68. The molecule has 2 heteroatoms. The number of hydrogen-bond acceptors (Lipinski definition) is 2. The van der Waals surface area contributed by atoms with Gasteiger partial charge in [0.05, 0.1) is 0 Å². The van der Waals surface area contributed by atoms with E-state index in [1.54, 1.807) is 0 Å². The topological polar surface area (TPSA) is 38.0 Å². The number of rotatable bonds is 4. The summed E-state index contributed by atoms with van der Waals surface area (Å²) in [6.45, 7) is 4.55. The van der Waals surface area contributed by atoms with E-state index in [-0.39, 0.29) is 0 Å². The highest BCUT2D eigenvalue weighted by Crippen LogP contribution is 2.29. The summed E-state index contributed by atoms with van der Waals surface area (Å²) in [7, 11) is 0. The molecule has 1 aliphatic carbocycles. The molecule has 2 unspecified atom stereocenters. The van der Waals surface area contributed by atoms with Gasteiger partial charge in [0.2, 0.25) is 0 Å². The highest BCUT2D eigenvalue weighted by atomic mass is 15.2. The molecule has 0 spiro atoms. The van der Waals surface area contributed by atoms with Gasteiger partial charge in [-0.2, -0.15) is 0 Å². The lowest BCUT2D eigenvalue weighted by Gasteiger charge is -2.33. The average molecular weight is 184 g/mol. The summed E-state index contributed by atoms with van der Waals surface area (Å²) in [6, 6.07) is 0.547. The minimum atomic E-state index is 0.547. The molecule has 2 atom stereocenters. The van der Waals surface area contributed by atoms with Crippen molar-refractivity contribution in [3.63, 3.8) is 0 Å². The normalized spacial score (nSPS) is 24.2. The van der Waals surface area contributed by atoms with Crippen LogP contribution in [0.2, 0.25) is 0 Å². The lowest BCUT2D eigenvalue weighted by atomic mass is 9.79. The van der Waals surface area contributed by atoms with Gasteiger partial charge >= 0.3 is 0 Å². The molecule has 0 saturated heterocycles. The summed E-state index contributed by atoms with van der Waals surface area (Å²) in [5.74, 6) is 7.17. The predicted molar refractivity (Wildman–Crippen MR) is 57.1 cm³/mol. The molecular formula is C11H24N2. The fourth-order valence-electron chi connectivity index (χ4n) is 2.51. The summed E-state index contributed by atoms with van der Waals surface area (Å²) in [5, 5.41) is 0. The van der Waals surface area contributed by atoms with Crippen molar-refractivity contribution in [3.05, 3.63) is 0 Å². The molecule has 2 nitrogen and oxygen atoms in total. The van der Waals surface area contributed by atoms with Gasteiger partial charge in [0.15, 0.2) is 0 Å². The second-order valence-electron chi connectivity index (χ2n) is 4.48. The number of nitrogens with one attached hydrogen (secondary N) is 1. The van der Waals surface area contributed by atoms with E-state index in [1.807, 2.05) is 0 Å². The van der Waals surface area contributed by atoms with Crippen LogP contribution in [0.15, 0.2) is 0 Å². The van der Waals surface area contributed by atoms with E-state index in [0.29, 0.717) is 12.0 Å². The Kier molecular flexibility index (Phi) is 4.74.